The molecule has 0 bridgehead atoms. The quantitative estimate of drug-likeness (QED) is 0.683. The monoisotopic (exact) mass is 302 g/mol. The predicted molar refractivity (Wildman–Crippen MR) is 87.3 cm³/mol. The van der Waals surface area contributed by atoms with Crippen LogP contribution >= 0.6 is 0 Å². The van der Waals surface area contributed by atoms with Crippen molar-refractivity contribution in [2.24, 2.45) is 34.5 Å². The highest BCUT2D eigenvalue weighted by Crippen LogP contribution is 2.65. The van der Waals surface area contributed by atoms with Gasteiger partial charge in [0.1, 0.15) is 5.78 Å². The van der Waals surface area contributed by atoms with Gasteiger partial charge in [-0.1, -0.05) is 32.4 Å². The second-order valence-corrected chi connectivity index (χ2v) is 9.08. The van der Waals surface area contributed by atoms with E-state index in [0.29, 0.717) is 35.4 Å². The molecule has 2 heteroatoms. The Morgan fingerprint density at radius 2 is 1.95 bits per heavy atom. The van der Waals surface area contributed by atoms with Crippen LogP contribution in [-0.2, 0) is 4.79 Å². The summed E-state index contributed by atoms with van der Waals surface area (Å²) in [5.74, 6) is 2.33. The van der Waals surface area contributed by atoms with Gasteiger partial charge in [-0.2, -0.15) is 0 Å². The van der Waals surface area contributed by atoms with Gasteiger partial charge in [0.15, 0.2) is 0 Å². The summed E-state index contributed by atoms with van der Waals surface area (Å²) in [6, 6.07) is 0. The third-order valence-electron chi connectivity index (χ3n) is 8.08. The van der Waals surface area contributed by atoms with Crippen LogP contribution < -0.4 is 0 Å². The van der Waals surface area contributed by atoms with Gasteiger partial charge in [-0.05, 0) is 61.7 Å². The van der Waals surface area contributed by atoms with Gasteiger partial charge in [0.25, 0.3) is 0 Å². The summed E-state index contributed by atoms with van der Waals surface area (Å²) in [6.45, 7) is 7.00. The lowest BCUT2D eigenvalue weighted by Crippen LogP contribution is -2.54. The second kappa shape index (κ2) is 4.69. The fourth-order valence-electron chi connectivity index (χ4n) is 6.90. The lowest BCUT2D eigenvalue weighted by Gasteiger charge is -2.59. The molecular formula is C20H30O2. The molecule has 7 atom stereocenters. The van der Waals surface area contributed by atoms with Crippen LogP contribution in [0.3, 0.4) is 0 Å². The first-order valence-electron chi connectivity index (χ1n) is 9.29. The molecule has 0 amide bonds. The summed E-state index contributed by atoms with van der Waals surface area (Å²) in [7, 11) is 0. The molecule has 0 aromatic carbocycles. The first-order valence-corrected chi connectivity index (χ1v) is 9.29. The van der Waals surface area contributed by atoms with Crippen LogP contribution in [0.25, 0.3) is 0 Å². The van der Waals surface area contributed by atoms with E-state index in [9.17, 15) is 9.90 Å². The largest absolute Gasteiger partial charge is 0.392 e. The zero-order valence-corrected chi connectivity index (χ0v) is 14.3. The van der Waals surface area contributed by atoms with Crippen molar-refractivity contribution < 1.29 is 9.90 Å². The number of hydrogen-bond acceptors (Lipinski definition) is 2. The molecular weight excluding hydrogens is 272 g/mol. The van der Waals surface area contributed by atoms with E-state index in [2.05, 4.69) is 26.8 Å². The van der Waals surface area contributed by atoms with E-state index >= 15 is 0 Å². The molecule has 3 fully saturated rings. The van der Waals surface area contributed by atoms with Crippen molar-refractivity contribution in [3.63, 3.8) is 0 Å². The highest BCUT2D eigenvalue weighted by molar-refractivity contribution is 5.88. The number of carbonyl (C=O) groups is 1. The molecule has 22 heavy (non-hydrogen) atoms. The molecule has 0 spiro atoms. The molecule has 2 unspecified atom stereocenters. The topological polar surface area (TPSA) is 37.3 Å². The van der Waals surface area contributed by atoms with Crippen LogP contribution in [0.2, 0.25) is 0 Å². The van der Waals surface area contributed by atoms with Crippen molar-refractivity contribution >= 4 is 5.78 Å². The normalized spacial score (nSPS) is 54.3. The Labute approximate surface area is 134 Å². The summed E-state index contributed by atoms with van der Waals surface area (Å²) in [5, 5.41) is 10.7. The maximum Gasteiger partial charge on any atom is 0.141 e. The van der Waals surface area contributed by atoms with Crippen LogP contribution in [0, 0.1) is 34.5 Å². The van der Waals surface area contributed by atoms with Gasteiger partial charge in [-0.15, -0.1) is 0 Å². The van der Waals surface area contributed by atoms with Crippen LogP contribution in [0.4, 0.5) is 0 Å². The number of aliphatic hydroxyl groups excluding tert-OH is 1. The molecule has 4 aliphatic rings. The van der Waals surface area contributed by atoms with Crippen LogP contribution in [0.15, 0.2) is 11.6 Å². The van der Waals surface area contributed by atoms with Crippen molar-refractivity contribution in [1.82, 2.24) is 0 Å². The highest BCUT2D eigenvalue weighted by Gasteiger charge is 2.63. The van der Waals surface area contributed by atoms with Gasteiger partial charge < -0.3 is 5.11 Å². The highest BCUT2D eigenvalue weighted by atomic mass is 16.3. The van der Waals surface area contributed by atoms with Crippen molar-refractivity contribution in [3.8, 4) is 0 Å². The lowest BCUT2D eigenvalue weighted by molar-refractivity contribution is -0.136. The molecule has 2 nitrogen and oxygen atoms in total. The fourth-order valence-corrected chi connectivity index (χ4v) is 6.90. The maximum absolute atomic E-state index is 12.5. The Kier molecular flexibility index (Phi) is 3.18. The molecule has 0 aliphatic heterocycles. The summed E-state index contributed by atoms with van der Waals surface area (Å²) in [4.78, 5) is 12.5. The minimum atomic E-state index is -0.398. The summed E-state index contributed by atoms with van der Waals surface area (Å²) >= 11 is 0. The molecule has 1 N–H and O–H groups in total. The van der Waals surface area contributed by atoms with Gasteiger partial charge in [0, 0.05) is 17.8 Å². The van der Waals surface area contributed by atoms with Gasteiger partial charge >= 0.3 is 0 Å². The number of carbonyl (C=O) groups excluding carboxylic acids is 1. The number of allylic oxidation sites excluding steroid dienone is 2. The van der Waals surface area contributed by atoms with Gasteiger partial charge in [0.2, 0.25) is 0 Å². The van der Waals surface area contributed by atoms with Gasteiger partial charge in [-0.25, -0.2) is 0 Å². The third kappa shape index (κ3) is 1.74. The van der Waals surface area contributed by atoms with Crippen LogP contribution in [0.1, 0.15) is 65.7 Å². The number of fused-ring (bicyclic) bond motifs is 5. The average Bonchev–Trinajstić information content (AvgIpc) is 2.70. The Hall–Kier alpha value is -0.630. The van der Waals surface area contributed by atoms with E-state index < -0.39 is 6.10 Å². The molecule has 0 aromatic rings. The molecule has 4 rings (SSSR count). The van der Waals surface area contributed by atoms with Crippen LogP contribution in [0.5, 0.6) is 0 Å². The number of ketones is 1. The van der Waals surface area contributed by atoms with Crippen molar-refractivity contribution in [2.75, 3.05) is 0 Å². The third-order valence-corrected chi connectivity index (χ3v) is 8.08. The van der Waals surface area contributed by atoms with E-state index in [1.54, 1.807) is 5.57 Å². The SMILES string of the molecule is CC1CC2=CCCC[C@]2(C)[C@H]2CC[C@]3(C)C(=O)CC(O)[C@H]3[C@H]12. The van der Waals surface area contributed by atoms with E-state index in [0.717, 1.165) is 6.42 Å². The number of hydrogen-bond donors (Lipinski definition) is 1. The lowest BCUT2D eigenvalue weighted by atomic mass is 9.45. The zero-order chi connectivity index (χ0) is 15.7. The Balaban J connectivity index is 1.77. The predicted octanol–water partition coefficient (Wildman–Crippen LogP) is 4.13. The summed E-state index contributed by atoms with van der Waals surface area (Å²) < 4.78 is 0. The molecule has 4 aliphatic carbocycles. The second-order valence-electron chi connectivity index (χ2n) is 9.08. The maximum atomic E-state index is 12.5. The van der Waals surface area contributed by atoms with E-state index in [-0.39, 0.29) is 11.3 Å². The van der Waals surface area contributed by atoms with E-state index in [1.807, 2.05) is 0 Å². The Morgan fingerprint density at radius 3 is 2.73 bits per heavy atom. The van der Waals surface area contributed by atoms with Crippen molar-refractivity contribution in [3.05, 3.63) is 11.6 Å². The zero-order valence-electron chi connectivity index (χ0n) is 14.3. The van der Waals surface area contributed by atoms with Gasteiger partial charge in [0.05, 0.1) is 6.10 Å². The van der Waals surface area contributed by atoms with Crippen molar-refractivity contribution in [2.45, 2.75) is 71.8 Å². The first-order chi connectivity index (χ1) is 10.4. The molecule has 122 valence electrons. The Bertz CT molecular complexity index is 536. The molecule has 0 heterocycles. The minimum Gasteiger partial charge on any atom is -0.392 e. The fraction of sp³-hybridized carbons (Fsp3) is 0.850. The minimum absolute atomic E-state index is 0.203. The number of rotatable bonds is 0. The van der Waals surface area contributed by atoms with Crippen molar-refractivity contribution in [1.29, 1.82) is 0 Å². The smallest absolute Gasteiger partial charge is 0.141 e. The molecule has 3 saturated carbocycles. The number of Topliss-reactive ketones (excluding diaryl/α,β-unsaturated/α-hetero) is 1. The Morgan fingerprint density at radius 1 is 1.18 bits per heavy atom. The molecule has 0 radical (unpaired) electrons. The van der Waals surface area contributed by atoms with Crippen LogP contribution in [-0.4, -0.2) is 17.0 Å². The summed E-state index contributed by atoms with van der Waals surface area (Å²) in [6.07, 6.45) is 9.73. The first kappa shape index (κ1) is 14.9. The van der Waals surface area contributed by atoms with Gasteiger partial charge in [-0.3, -0.25) is 4.79 Å². The molecule has 0 saturated heterocycles. The van der Waals surface area contributed by atoms with E-state index in [1.165, 1.54) is 32.1 Å². The average molecular weight is 302 g/mol. The molecule has 0 aromatic heterocycles. The number of aliphatic hydroxyl groups is 1. The summed E-state index contributed by atoms with van der Waals surface area (Å²) in [5.41, 5.74) is 1.78. The standard InChI is InChI=1S/C20H30O2/c1-12-10-13-6-4-5-8-19(13,2)14-7-9-20(3)16(22)11-15(21)18(20)17(12)14/h6,12,14-15,17-18,21H,4-5,7-11H2,1-3H3/t12?,14-,15?,17+,18-,19-,20+/m0/s1. The van der Waals surface area contributed by atoms with E-state index in [4.69, 9.17) is 0 Å².